The quantitative estimate of drug-likeness (QED) is 0.0486. The summed E-state index contributed by atoms with van der Waals surface area (Å²) in [4.78, 5) is 65.5. The summed E-state index contributed by atoms with van der Waals surface area (Å²) in [6, 6.07) is 16.4. The van der Waals surface area contributed by atoms with Crippen molar-refractivity contribution in [3.05, 3.63) is 107 Å². The van der Waals surface area contributed by atoms with Crippen molar-refractivity contribution in [2.45, 2.75) is 84.8 Å². The molecule has 0 bridgehead atoms. The predicted molar refractivity (Wildman–Crippen MR) is 284 cm³/mol. The summed E-state index contributed by atoms with van der Waals surface area (Å²) in [5, 5.41) is 22.1. The molecule has 0 saturated carbocycles. The SMILES string of the molecule is COC1CCN(C[C@H](c2cccc(OC(F)(F)F)c2)N(C)C(=O)Cc2ccc3c(c2)NC(=O)CS3(O)O)C1.O=C(O)C(F)(F)F.O=C1CS(O)(O)c2ccc(CC(=O)N(CC(F)(F)F)[C@H](CN3CCC(O)C3)c3cccc(OC(F)(F)F)c3)cc2N1. The number of halogens is 12. The number of anilines is 2. The van der Waals surface area contributed by atoms with E-state index in [1.807, 2.05) is 0 Å². The van der Waals surface area contributed by atoms with E-state index in [1.54, 1.807) is 31.2 Å². The van der Waals surface area contributed by atoms with Crippen molar-refractivity contribution in [2.24, 2.45) is 0 Å². The van der Waals surface area contributed by atoms with E-state index in [1.165, 1.54) is 65.6 Å². The highest BCUT2D eigenvalue weighted by atomic mass is 32.3. The van der Waals surface area contributed by atoms with Gasteiger partial charge >= 0.3 is 31.0 Å². The molecule has 4 aliphatic heterocycles. The molecular weight excluding hydrogens is 1220 g/mol. The van der Waals surface area contributed by atoms with Crippen LogP contribution in [-0.4, -0.2) is 186 Å². The Labute approximate surface area is 485 Å². The van der Waals surface area contributed by atoms with Crippen LogP contribution in [-0.2, 0) is 41.6 Å². The van der Waals surface area contributed by atoms with Crippen molar-refractivity contribution in [3.63, 3.8) is 0 Å². The van der Waals surface area contributed by atoms with E-state index in [4.69, 9.17) is 14.6 Å². The molecule has 0 aliphatic carbocycles. The van der Waals surface area contributed by atoms with Gasteiger partial charge in [-0.3, -0.25) is 47.2 Å². The van der Waals surface area contributed by atoms with Crippen LogP contribution in [0.5, 0.6) is 11.5 Å². The Hall–Kier alpha value is -6.63. The molecule has 0 aromatic heterocycles. The lowest BCUT2D eigenvalue weighted by Gasteiger charge is -2.37. The molecule has 86 heavy (non-hydrogen) atoms. The molecule has 4 aromatic carbocycles. The van der Waals surface area contributed by atoms with Crippen LogP contribution >= 0.6 is 21.2 Å². The Balaban J connectivity index is 0.000000248. The number of carbonyl (C=O) groups is 5. The van der Waals surface area contributed by atoms with Crippen LogP contribution in [0.25, 0.3) is 0 Å². The fourth-order valence-corrected chi connectivity index (χ4v) is 12.3. The lowest BCUT2D eigenvalue weighted by atomic mass is 10.0. The number of hydrogen-bond acceptors (Lipinski definition) is 15. The van der Waals surface area contributed by atoms with Gasteiger partial charge in [0.15, 0.2) is 0 Å². The average Bonchev–Trinajstić information content (AvgIpc) is 1.30. The third-order valence-electron chi connectivity index (χ3n) is 13.5. The van der Waals surface area contributed by atoms with Gasteiger partial charge in [0.2, 0.25) is 23.6 Å². The number of aliphatic carboxylic acids is 1. The summed E-state index contributed by atoms with van der Waals surface area (Å²) in [6.07, 6.45) is -20.1. The number of carboxylic acids is 1. The minimum Gasteiger partial charge on any atom is -0.475 e. The van der Waals surface area contributed by atoms with Gasteiger partial charge in [0.25, 0.3) is 0 Å². The molecular formula is C52H58F12N6O14S2. The Morgan fingerprint density at radius 1 is 0.651 bits per heavy atom. The van der Waals surface area contributed by atoms with E-state index in [-0.39, 0.29) is 69.6 Å². The normalized spacial score (nSPS) is 19.9. The van der Waals surface area contributed by atoms with Crippen LogP contribution in [0.4, 0.5) is 64.1 Å². The zero-order chi connectivity index (χ0) is 63.9. The molecule has 4 heterocycles. The van der Waals surface area contributed by atoms with Crippen LogP contribution in [0, 0.1) is 0 Å². The molecule has 0 spiro atoms. The minimum absolute atomic E-state index is 0.00789. The summed E-state index contributed by atoms with van der Waals surface area (Å²) in [6.45, 7) is 0.173. The zero-order valence-electron chi connectivity index (χ0n) is 45.2. The smallest absolute Gasteiger partial charge is 0.475 e. The Morgan fingerprint density at radius 2 is 1.09 bits per heavy atom. The number of aliphatic hydroxyl groups is 1. The Bertz CT molecular complexity index is 3080. The number of carbonyl (C=O) groups excluding carboxylic acids is 4. The number of β-amino-alcohol motifs (C(OH)–C–C–N with tert-alkyl or cyclic N) is 1. The molecule has 2 saturated heterocycles. The number of amides is 4. The second kappa shape index (κ2) is 27.6. The summed E-state index contributed by atoms with van der Waals surface area (Å²) < 4.78 is 205. The topological polar surface area (TPSA) is 271 Å². The number of alkyl halides is 12. The summed E-state index contributed by atoms with van der Waals surface area (Å²) in [7, 11) is -3.48. The number of nitrogens with zero attached hydrogens (tertiary/aromatic N) is 4. The van der Waals surface area contributed by atoms with Crippen LogP contribution in [0.3, 0.4) is 0 Å². The zero-order valence-corrected chi connectivity index (χ0v) is 46.8. The van der Waals surface area contributed by atoms with Gasteiger partial charge in [0.05, 0.1) is 58.3 Å². The van der Waals surface area contributed by atoms with Gasteiger partial charge in [0, 0.05) is 53.4 Å². The first-order valence-corrected chi connectivity index (χ1v) is 28.9. The Kier molecular flexibility index (Phi) is 22.0. The van der Waals surface area contributed by atoms with E-state index in [9.17, 15) is 95.2 Å². The number of aliphatic hydroxyl groups excluding tert-OH is 1. The molecule has 4 aliphatic rings. The summed E-state index contributed by atoms with van der Waals surface area (Å²) in [5.74, 6) is -7.33. The second-order valence-corrected chi connectivity index (χ2v) is 24.2. The number of likely N-dealkylation sites (tertiary alicyclic amines) is 2. The van der Waals surface area contributed by atoms with Gasteiger partial charge in [0.1, 0.15) is 29.5 Å². The van der Waals surface area contributed by atoms with Gasteiger partial charge < -0.3 is 44.9 Å². The second-order valence-electron chi connectivity index (χ2n) is 20.1. The third kappa shape index (κ3) is 20.0. The van der Waals surface area contributed by atoms with Crippen LogP contribution in [0.2, 0.25) is 0 Å². The maximum absolute atomic E-state index is 13.8. The van der Waals surface area contributed by atoms with Crippen LogP contribution in [0.1, 0.15) is 47.2 Å². The first kappa shape index (κ1) is 68.5. The fourth-order valence-electron chi connectivity index (χ4n) is 9.64. The lowest BCUT2D eigenvalue weighted by molar-refractivity contribution is -0.275. The summed E-state index contributed by atoms with van der Waals surface area (Å²) in [5.41, 5.74) is 1.38. The summed E-state index contributed by atoms with van der Waals surface area (Å²) >= 11 is 0. The van der Waals surface area contributed by atoms with E-state index in [0.29, 0.717) is 48.6 Å². The number of carboxylic acid groups (broad SMARTS) is 1. The average molecular weight is 1280 g/mol. The number of hydrogen-bond donors (Lipinski definition) is 8. The highest BCUT2D eigenvalue weighted by Gasteiger charge is 2.41. The standard InChI is InChI=1S/C25H27F6N3O6S.C25H30F3N3O6S.C2HF3O2/c26-24(27,28)14-34(23(37)9-15-4-5-21-19(8-15)32-22(36)13-41(21,38)39)20(12-33-7-6-17(35)11-33)16-2-1-3-18(10-16)40-25(29,30)31;1-30(24(33)11-16-6-7-22-20(10-16)29-23(32)15-38(22,34)35)21(14-31-9-8-19(13-31)36-2)17-4-3-5-18(12-17)37-25(26,27)28;3-2(4,5)1(6)7/h1-5,8,10,17,20,35,38-39H,6-7,9,11-14H2,(H,32,36);3-7,10,12,19,21,34-35H,8-9,11,13-15H2,1-2H3,(H,29,32);(H,6,7)/t17?,20-;19?,21-;/m11./s1. The maximum Gasteiger partial charge on any atom is 0.573 e. The van der Waals surface area contributed by atoms with Gasteiger partial charge in [-0.15, -0.1) is 26.3 Å². The van der Waals surface area contributed by atoms with E-state index in [2.05, 4.69) is 25.0 Å². The highest BCUT2D eigenvalue weighted by Crippen LogP contribution is 2.55. The van der Waals surface area contributed by atoms with Gasteiger partial charge in [-0.05, 0) is 83.6 Å². The third-order valence-corrected chi connectivity index (χ3v) is 16.9. The first-order valence-electron chi connectivity index (χ1n) is 25.4. The van der Waals surface area contributed by atoms with E-state index < -0.39 is 118 Å². The maximum atomic E-state index is 13.8. The van der Waals surface area contributed by atoms with Gasteiger partial charge in [-0.2, -0.15) is 47.5 Å². The van der Waals surface area contributed by atoms with Crippen molar-refractivity contribution < 1.29 is 119 Å². The van der Waals surface area contributed by atoms with E-state index >= 15 is 0 Å². The molecule has 2 unspecified atom stereocenters. The molecule has 8 rings (SSSR count). The molecule has 4 atom stereocenters. The number of benzene rings is 4. The number of methoxy groups -OCH3 is 1. The van der Waals surface area contributed by atoms with Crippen molar-refractivity contribution in [3.8, 4) is 11.5 Å². The first-order chi connectivity index (χ1) is 39.8. The molecule has 2 fully saturated rings. The number of nitrogens with one attached hydrogen (secondary N) is 2. The molecule has 20 nitrogen and oxygen atoms in total. The van der Waals surface area contributed by atoms with Crippen molar-refractivity contribution >= 4 is 62.2 Å². The Morgan fingerprint density at radius 3 is 1.51 bits per heavy atom. The van der Waals surface area contributed by atoms with E-state index in [0.717, 1.165) is 18.6 Å². The van der Waals surface area contributed by atoms with Crippen molar-refractivity contribution in [2.75, 3.05) is 82.1 Å². The van der Waals surface area contributed by atoms with Gasteiger partial charge in [-0.1, -0.05) is 36.4 Å². The molecule has 4 amide bonds. The predicted octanol–water partition coefficient (Wildman–Crippen LogP) is 9.13. The molecule has 476 valence electrons. The number of rotatable bonds is 16. The number of fused-ring (bicyclic) bond motifs is 2. The lowest BCUT2D eigenvalue weighted by Crippen LogP contribution is -2.46. The minimum atomic E-state index is -5.08. The monoisotopic (exact) mass is 1280 g/mol. The highest BCUT2D eigenvalue weighted by molar-refractivity contribution is 8.25. The van der Waals surface area contributed by atoms with Crippen molar-refractivity contribution in [1.29, 1.82) is 0 Å². The van der Waals surface area contributed by atoms with Crippen LogP contribution < -0.4 is 20.1 Å². The molecule has 34 heteroatoms. The molecule has 8 N–H and O–H groups in total. The van der Waals surface area contributed by atoms with Gasteiger partial charge in [-0.25, -0.2) is 4.79 Å². The number of ether oxygens (including phenoxy) is 3. The fraction of sp³-hybridized carbons (Fsp3) is 0.442. The number of likely N-dealkylation sites (N-methyl/N-ethyl adjacent to an activating group) is 1. The largest absolute Gasteiger partial charge is 0.573 e. The van der Waals surface area contributed by atoms with Crippen molar-refractivity contribution in [1.82, 2.24) is 19.6 Å². The molecule has 4 aromatic rings. The molecule has 0 radical (unpaired) electrons. The van der Waals surface area contributed by atoms with Crippen LogP contribution in [0.15, 0.2) is 94.7 Å².